The molecule has 1 amide bonds. The first-order valence-corrected chi connectivity index (χ1v) is 5.48. The maximum Gasteiger partial charge on any atom is 0.392 e. The second kappa shape index (κ2) is 7.50. The molecule has 0 aliphatic heterocycles. The van der Waals surface area contributed by atoms with Crippen molar-refractivity contribution in [3.8, 4) is 0 Å². The van der Waals surface area contributed by atoms with Gasteiger partial charge in [0.2, 0.25) is 5.91 Å². The number of hydrogen-bond donors (Lipinski definition) is 1. The van der Waals surface area contributed by atoms with Crippen molar-refractivity contribution in [2.45, 2.75) is 32.4 Å². The van der Waals surface area contributed by atoms with Gasteiger partial charge in [-0.2, -0.15) is 13.2 Å². The number of carbonyl (C=O) groups is 1. The molecule has 0 fully saturated rings. The van der Waals surface area contributed by atoms with Gasteiger partial charge in [-0.05, 0) is 19.4 Å². The van der Waals surface area contributed by atoms with Crippen LogP contribution in [0.3, 0.4) is 0 Å². The topological polar surface area (TPSA) is 55.6 Å². The molecule has 0 saturated carbocycles. The van der Waals surface area contributed by atoms with Crippen LogP contribution in [0, 0.1) is 5.92 Å². The van der Waals surface area contributed by atoms with Gasteiger partial charge >= 0.3 is 6.18 Å². The molecule has 0 aromatic heterocycles. The highest BCUT2D eigenvalue weighted by molar-refractivity contribution is 5.75. The van der Waals surface area contributed by atoms with Gasteiger partial charge in [-0.25, -0.2) is 5.06 Å². The van der Waals surface area contributed by atoms with E-state index in [1.165, 1.54) is 7.11 Å². The fourth-order valence-corrected chi connectivity index (χ4v) is 1.42. The van der Waals surface area contributed by atoms with Crippen molar-refractivity contribution in [3.05, 3.63) is 0 Å². The Morgan fingerprint density at radius 2 is 2.06 bits per heavy atom. The SMILES string of the molecule is CCCN(OC)C(=O)CC(CCN)C(F)(F)F. The number of carbonyl (C=O) groups excluding carboxylic acids is 1. The summed E-state index contributed by atoms with van der Waals surface area (Å²) >= 11 is 0. The van der Waals surface area contributed by atoms with E-state index < -0.39 is 24.4 Å². The molecule has 1 atom stereocenters. The Balaban J connectivity index is 4.48. The minimum absolute atomic E-state index is 0.0990. The summed E-state index contributed by atoms with van der Waals surface area (Å²) in [6, 6.07) is 0. The summed E-state index contributed by atoms with van der Waals surface area (Å²) in [7, 11) is 1.26. The molecular weight excluding hydrogens is 237 g/mol. The molecule has 0 aliphatic rings. The first kappa shape index (κ1) is 16.2. The standard InChI is InChI=1S/C10H19F3N2O2/c1-3-6-15(17-2)9(16)7-8(4-5-14)10(11,12)13/h8H,3-7,14H2,1-2H3. The zero-order valence-corrected chi connectivity index (χ0v) is 10.1. The third-order valence-corrected chi connectivity index (χ3v) is 2.32. The molecule has 2 N–H and O–H groups in total. The number of nitrogens with zero attached hydrogens (tertiary/aromatic N) is 1. The summed E-state index contributed by atoms with van der Waals surface area (Å²) in [4.78, 5) is 16.3. The lowest BCUT2D eigenvalue weighted by molar-refractivity contribution is -0.197. The summed E-state index contributed by atoms with van der Waals surface area (Å²) < 4.78 is 37.7. The van der Waals surface area contributed by atoms with E-state index in [0.29, 0.717) is 6.42 Å². The van der Waals surface area contributed by atoms with Crippen LogP contribution in [0.2, 0.25) is 0 Å². The molecule has 0 bridgehead atoms. The maximum absolute atomic E-state index is 12.6. The zero-order valence-electron chi connectivity index (χ0n) is 10.1. The molecule has 0 aromatic rings. The molecule has 0 heterocycles. The van der Waals surface area contributed by atoms with Crippen LogP contribution in [-0.2, 0) is 9.63 Å². The van der Waals surface area contributed by atoms with Crippen LogP contribution in [0.5, 0.6) is 0 Å². The van der Waals surface area contributed by atoms with E-state index in [-0.39, 0.29) is 19.5 Å². The minimum atomic E-state index is -4.40. The highest BCUT2D eigenvalue weighted by atomic mass is 19.4. The Kier molecular flexibility index (Phi) is 7.13. The van der Waals surface area contributed by atoms with E-state index >= 15 is 0 Å². The van der Waals surface area contributed by atoms with E-state index in [1.807, 2.05) is 0 Å². The Morgan fingerprint density at radius 1 is 1.47 bits per heavy atom. The van der Waals surface area contributed by atoms with Crippen molar-refractivity contribution in [2.24, 2.45) is 11.7 Å². The number of nitrogens with two attached hydrogens (primary N) is 1. The van der Waals surface area contributed by atoms with Crippen LogP contribution >= 0.6 is 0 Å². The molecule has 17 heavy (non-hydrogen) atoms. The van der Waals surface area contributed by atoms with Crippen molar-refractivity contribution in [2.75, 3.05) is 20.2 Å². The lowest BCUT2D eigenvalue weighted by Crippen LogP contribution is -2.36. The number of alkyl halides is 3. The Labute approximate surface area is 98.8 Å². The second-order valence-electron chi connectivity index (χ2n) is 3.70. The molecule has 0 rings (SSSR count). The van der Waals surface area contributed by atoms with Crippen LogP contribution < -0.4 is 5.73 Å². The Morgan fingerprint density at radius 3 is 2.41 bits per heavy atom. The number of halogens is 3. The molecule has 1 unspecified atom stereocenters. The average molecular weight is 256 g/mol. The summed E-state index contributed by atoms with van der Waals surface area (Å²) in [5.74, 6) is -2.36. The minimum Gasteiger partial charge on any atom is -0.330 e. The van der Waals surface area contributed by atoms with Crippen LogP contribution in [0.15, 0.2) is 0 Å². The lowest BCUT2D eigenvalue weighted by atomic mass is 10.0. The van der Waals surface area contributed by atoms with Crippen molar-refractivity contribution in [1.29, 1.82) is 0 Å². The van der Waals surface area contributed by atoms with Crippen molar-refractivity contribution < 1.29 is 22.8 Å². The first-order valence-electron chi connectivity index (χ1n) is 5.48. The number of hydroxylamine groups is 2. The summed E-state index contributed by atoms with van der Waals surface area (Å²) in [6.45, 7) is 1.99. The van der Waals surface area contributed by atoms with Gasteiger partial charge < -0.3 is 5.73 Å². The lowest BCUT2D eigenvalue weighted by Gasteiger charge is -2.23. The number of rotatable bonds is 7. The third kappa shape index (κ3) is 5.88. The summed E-state index contributed by atoms with van der Waals surface area (Å²) in [5.41, 5.74) is 5.11. The highest BCUT2D eigenvalue weighted by Crippen LogP contribution is 2.31. The van der Waals surface area contributed by atoms with Gasteiger partial charge in [-0.3, -0.25) is 9.63 Å². The van der Waals surface area contributed by atoms with Gasteiger partial charge in [-0.1, -0.05) is 6.92 Å². The van der Waals surface area contributed by atoms with E-state index in [1.54, 1.807) is 6.92 Å². The van der Waals surface area contributed by atoms with Gasteiger partial charge in [-0.15, -0.1) is 0 Å². The smallest absolute Gasteiger partial charge is 0.330 e. The van der Waals surface area contributed by atoms with Crippen LogP contribution in [0.25, 0.3) is 0 Å². The van der Waals surface area contributed by atoms with Gasteiger partial charge in [0.15, 0.2) is 0 Å². The molecule has 0 spiro atoms. The second-order valence-corrected chi connectivity index (χ2v) is 3.70. The van der Waals surface area contributed by atoms with E-state index in [9.17, 15) is 18.0 Å². The fraction of sp³-hybridized carbons (Fsp3) is 0.900. The molecule has 0 radical (unpaired) electrons. The molecule has 0 saturated heterocycles. The average Bonchev–Trinajstić information content (AvgIpc) is 2.23. The third-order valence-electron chi connectivity index (χ3n) is 2.32. The molecule has 0 aromatic carbocycles. The van der Waals surface area contributed by atoms with Gasteiger partial charge in [0, 0.05) is 13.0 Å². The molecule has 102 valence electrons. The fourth-order valence-electron chi connectivity index (χ4n) is 1.42. The van der Waals surface area contributed by atoms with E-state index in [0.717, 1.165) is 5.06 Å². The predicted octanol–water partition coefficient (Wildman–Crippen LogP) is 1.70. The van der Waals surface area contributed by atoms with Crippen LogP contribution in [0.4, 0.5) is 13.2 Å². The maximum atomic E-state index is 12.6. The van der Waals surface area contributed by atoms with Gasteiger partial charge in [0.05, 0.1) is 13.0 Å². The summed E-state index contributed by atoms with van der Waals surface area (Å²) in [5, 5.41) is 0.954. The van der Waals surface area contributed by atoms with Crippen molar-refractivity contribution in [1.82, 2.24) is 5.06 Å². The monoisotopic (exact) mass is 256 g/mol. The van der Waals surface area contributed by atoms with Gasteiger partial charge in [0.25, 0.3) is 0 Å². The van der Waals surface area contributed by atoms with E-state index in [2.05, 4.69) is 0 Å². The van der Waals surface area contributed by atoms with Crippen molar-refractivity contribution in [3.63, 3.8) is 0 Å². The Hall–Kier alpha value is -0.820. The summed E-state index contributed by atoms with van der Waals surface area (Å²) in [6.07, 6.45) is -4.65. The number of amides is 1. The number of hydrogen-bond acceptors (Lipinski definition) is 3. The zero-order chi connectivity index (χ0) is 13.5. The van der Waals surface area contributed by atoms with Crippen molar-refractivity contribution >= 4 is 5.91 Å². The normalized spacial score (nSPS) is 13.5. The quantitative estimate of drug-likeness (QED) is 0.705. The predicted molar refractivity (Wildman–Crippen MR) is 56.8 cm³/mol. The molecule has 4 nitrogen and oxygen atoms in total. The Bertz CT molecular complexity index is 234. The largest absolute Gasteiger partial charge is 0.392 e. The highest BCUT2D eigenvalue weighted by Gasteiger charge is 2.40. The molecule has 7 heteroatoms. The molecule has 0 aliphatic carbocycles. The molecular formula is C10H19F3N2O2. The van der Waals surface area contributed by atoms with Crippen LogP contribution in [-0.4, -0.2) is 37.3 Å². The first-order chi connectivity index (χ1) is 7.86. The van der Waals surface area contributed by atoms with Gasteiger partial charge in [0.1, 0.15) is 0 Å². The van der Waals surface area contributed by atoms with E-state index in [4.69, 9.17) is 10.6 Å². The van der Waals surface area contributed by atoms with Crippen LogP contribution in [0.1, 0.15) is 26.2 Å².